The number of aliphatic imine (C=N–C) groups is 1. The second-order valence-corrected chi connectivity index (χ2v) is 5.91. The minimum absolute atomic E-state index is 0.0770. The molecule has 152 valence electrons. The Kier molecular flexibility index (Phi) is 8.06. The number of methoxy groups -OCH3 is 1. The molecule has 0 saturated carbocycles. The van der Waals surface area contributed by atoms with E-state index in [-0.39, 0.29) is 6.61 Å². The number of hydrogen-bond acceptors (Lipinski definition) is 4. The Balaban J connectivity index is 1.76. The van der Waals surface area contributed by atoms with Crippen molar-refractivity contribution in [3.63, 3.8) is 0 Å². The maximum absolute atomic E-state index is 12.1. The van der Waals surface area contributed by atoms with Crippen molar-refractivity contribution in [2.24, 2.45) is 4.99 Å². The van der Waals surface area contributed by atoms with Gasteiger partial charge in [0.05, 0.1) is 13.7 Å². The lowest BCUT2D eigenvalue weighted by atomic mass is 10.1. The van der Waals surface area contributed by atoms with Crippen LogP contribution in [0.5, 0.6) is 5.88 Å². The number of pyridine rings is 1. The van der Waals surface area contributed by atoms with Gasteiger partial charge in [0.1, 0.15) is 6.61 Å². The van der Waals surface area contributed by atoms with Gasteiger partial charge in [0.2, 0.25) is 5.88 Å². The zero-order chi connectivity index (χ0) is 20.4. The summed E-state index contributed by atoms with van der Waals surface area (Å²) < 4.78 is 45.9. The van der Waals surface area contributed by atoms with Crippen LogP contribution in [0, 0.1) is 0 Å². The van der Waals surface area contributed by atoms with E-state index >= 15 is 0 Å². The van der Waals surface area contributed by atoms with Crippen molar-refractivity contribution in [1.29, 1.82) is 0 Å². The van der Waals surface area contributed by atoms with Crippen LogP contribution in [0.15, 0.2) is 47.6 Å². The summed E-state index contributed by atoms with van der Waals surface area (Å²) in [7, 11) is 3.23. The van der Waals surface area contributed by atoms with Crippen molar-refractivity contribution in [2.75, 3.05) is 20.8 Å². The van der Waals surface area contributed by atoms with Crippen molar-refractivity contribution in [2.45, 2.75) is 25.9 Å². The van der Waals surface area contributed by atoms with Crippen molar-refractivity contribution in [3.8, 4) is 5.88 Å². The number of rotatable bonds is 8. The van der Waals surface area contributed by atoms with Crippen LogP contribution in [0.25, 0.3) is 0 Å². The fourth-order valence-electron chi connectivity index (χ4n) is 2.27. The number of alkyl halides is 3. The molecule has 2 rings (SSSR count). The third-order valence-corrected chi connectivity index (χ3v) is 3.71. The van der Waals surface area contributed by atoms with Gasteiger partial charge in [-0.15, -0.1) is 0 Å². The Bertz CT molecular complexity index is 747. The predicted octanol–water partition coefficient (Wildman–Crippen LogP) is 3.03. The first-order valence-electron chi connectivity index (χ1n) is 8.55. The van der Waals surface area contributed by atoms with Crippen LogP contribution in [-0.2, 0) is 24.4 Å². The number of nitrogens with zero attached hydrogens (tertiary/aromatic N) is 2. The molecule has 28 heavy (non-hydrogen) atoms. The molecule has 0 unspecified atom stereocenters. The van der Waals surface area contributed by atoms with Crippen LogP contribution >= 0.6 is 0 Å². The smallest absolute Gasteiger partial charge is 0.411 e. The van der Waals surface area contributed by atoms with E-state index in [0.717, 1.165) is 11.1 Å². The molecule has 0 radical (unpaired) electrons. The van der Waals surface area contributed by atoms with E-state index in [1.807, 2.05) is 18.2 Å². The van der Waals surface area contributed by atoms with E-state index in [4.69, 9.17) is 4.74 Å². The van der Waals surface area contributed by atoms with Crippen molar-refractivity contribution < 1.29 is 22.6 Å². The summed E-state index contributed by atoms with van der Waals surface area (Å²) in [6.45, 7) is -0.259. The molecule has 0 fully saturated rings. The van der Waals surface area contributed by atoms with Crippen LogP contribution < -0.4 is 15.4 Å². The third kappa shape index (κ3) is 7.83. The van der Waals surface area contributed by atoms with Crippen molar-refractivity contribution >= 4 is 5.96 Å². The van der Waals surface area contributed by atoms with E-state index < -0.39 is 12.8 Å². The molecule has 0 aliphatic heterocycles. The highest BCUT2D eigenvalue weighted by molar-refractivity contribution is 5.79. The second kappa shape index (κ2) is 10.5. The fourth-order valence-corrected chi connectivity index (χ4v) is 2.27. The number of ether oxygens (including phenoxy) is 2. The minimum atomic E-state index is -4.31. The van der Waals surface area contributed by atoms with Crippen LogP contribution in [0.3, 0.4) is 0 Å². The number of hydrogen-bond donors (Lipinski definition) is 2. The molecule has 1 aromatic carbocycles. The second-order valence-electron chi connectivity index (χ2n) is 5.91. The standard InChI is InChI=1S/C19H23F3N4O2/c1-23-18(26-11-16-7-8-17(27-2)24-10-16)25-9-14-3-5-15(6-4-14)12-28-13-19(20,21)22/h3-8,10H,9,11-13H2,1-2H3,(H2,23,25,26). The summed E-state index contributed by atoms with van der Waals surface area (Å²) in [5.41, 5.74) is 2.63. The van der Waals surface area contributed by atoms with Gasteiger partial charge < -0.3 is 20.1 Å². The van der Waals surface area contributed by atoms with Crippen molar-refractivity contribution in [3.05, 3.63) is 59.3 Å². The first kappa shape index (κ1) is 21.5. The minimum Gasteiger partial charge on any atom is -0.481 e. The van der Waals surface area contributed by atoms with Crippen LogP contribution in [-0.4, -0.2) is 37.9 Å². The van der Waals surface area contributed by atoms with Gasteiger partial charge in [-0.05, 0) is 16.7 Å². The van der Waals surface area contributed by atoms with E-state index in [1.165, 1.54) is 0 Å². The lowest BCUT2D eigenvalue weighted by molar-refractivity contribution is -0.176. The molecule has 2 N–H and O–H groups in total. The van der Waals surface area contributed by atoms with Crippen molar-refractivity contribution in [1.82, 2.24) is 15.6 Å². The van der Waals surface area contributed by atoms with Gasteiger partial charge >= 0.3 is 6.18 Å². The molecule has 0 bridgehead atoms. The van der Waals surface area contributed by atoms with Gasteiger partial charge in [-0.2, -0.15) is 13.2 Å². The molecule has 9 heteroatoms. The largest absolute Gasteiger partial charge is 0.481 e. The third-order valence-electron chi connectivity index (χ3n) is 3.71. The molecule has 0 aliphatic carbocycles. The summed E-state index contributed by atoms with van der Waals surface area (Å²) in [6.07, 6.45) is -2.59. The monoisotopic (exact) mass is 396 g/mol. The zero-order valence-corrected chi connectivity index (χ0v) is 15.7. The van der Waals surface area contributed by atoms with Gasteiger partial charge in [-0.25, -0.2) is 4.98 Å². The molecule has 0 saturated heterocycles. The normalized spacial score (nSPS) is 12.0. The first-order valence-corrected chi connectivity index (χ1v) is 8.55. The van der Waals surface area contributed by atoms with Gasteiger partial charge in [-0.1, -0.05) is 30.3 Å². The van der Waals surface area contributed by atoms with Crippen LogP contribution in [0.4, 0.5) is 13.2 Å². The van der Waals surface area contributed by atoms with Gasteiger partial charge in [0, 0.05) is 32.4 Å². The topological polar surface area (TPSA) is 67.8 Å². The highest BCUT2D eigenvalue weighted by Crippen LogP contribution is 2.15. The van der Waals surface area contributed by atoms with Gasteiger partial charge in [0.15, 0.2) is 5.96 Å². The number of nitrogens with one attached hydrogen (secondary N) is 2. The SMILES string of the molecule is CN=C(NCc1ccc(COCC(F)(F)F)cc1)NCc1ccc(OC)nc1. The van der Waals surface area contributed by atoms with Crippen LogP contribution in [0.1, 0.15) is 16.7 Å². The molecule has 2 aromatic rings. The molecule has 1 heterocycles. The summed E-state index contributed by atoms with van der Waals surface area (Å²) in [5, 5.41) is 6.35. The summed E-state index contributed by atoms with van der Waals surface area (Å²) in [5.74, 6) is 1.17. The van der Waals surface area contributed by atoms with E-state index in [1.54, 1.807) is 38.6 Å². The molecule has 1 aromatic heterocycles. The lowest BCUT2D eigenvalue weighted by Crippen LogP contribution is -2.36. The molecule has 6 nitrogen and oxygen atoms in total. The van der Waals surface area contributed by atoms with Gasteiger partial charge in [-0.3, -0.25) is 4.99 Å². The Morgan fingerprint density at radius 1 is 1.00 bits per heavy atom. The number of benzene rings is 1. The number of guanidine groups is 1. The number of halogens is 3. The number of aromatic nitrogens is 1. The molecule has 0 spiro atoms. The van der Waals surface area contributed by atoms with E-state index in [0.29, 0.717) is 30.5 Å². The fraction of sp³-hybridized carbons (Fsp3) is 0.368. The lowest BCUT2D eigenvalue weighted by Gasteiger charge is -2.12. The average molecular weight is 396 g/mol. The molecular formula is C19H23F3N4O2. The van der Waals surface area contributed by atoms with E-state index in [2.05, 4.69) is 25.3 Å². The Morgan fingerprint density at radius 2 is 1.61 bits per heavy atom. The van der Waals surface area contributed by atoms with Gasteiger partial charge in [0.25, 0.3) is 0 Å². The zero-order valence-electron chi connectivity index (χ0n) is 15.7. The highest BCUT2D eigenvalue weighted by atomic mass is 19.4. The maximum atomic E-state index is 12.1. The Hall–Kier alpha value is -2.81. The molecule has 0 atom stereocenters. The maximum Gasteiger partial charge on any atom is 0.411 e. The first-order chi connectivity index (χ1) is 13.4. The summed E-state index contributed by atoms with van der Waals surface area (Å²) in [6, 6.07) is 10.8. The average Bonchev–Trinajstić information content (AvgIpc) is 2.68. The highest BCUT2D eigenvalue weighted by Gasteiger charge is 2.27. The Labute approximate surface area is 161 Å². The molecular weight excluding hydrogens is 373 g/mol. The summed E-state index contributed by atoms with van der Waals surface area (Å²) in [4.78, 5) is 8.30. The predicted molar refractivity (Wildman–Crippen MR) is 100.0 cm³/mol. The molecule has 0 aliphatic rings. The van der Waals surface area contributed by atoms with E-state index in [9.17, 15) is 13.2 Å². The summed E-state index contributed by atoms with van der Waals surface area (Å²) >= 11 is 0. The van der Waals surface area contributed by atoms with Crippen LogP contribution in [0.2, 0.25) is 0 Å². The quantitative estimate of drug-likeness (QED) is 0.530. The molecule has 0 amide bonds. The Morgan fingerprint density at radius 3 is 2.14 bits per heavy atom.